The SMILES string of the molecule is CCc1ccc(C(C)(C)c2cc(C(C)(C)c3ccc(CC)cc3)c(O)cc2O)cc1. The molecule has 0 unspecified atom stereocenters. The molecule has 3 aromatic rings. The maximum absolute atomic E-state index is 10.8. The van der Waals surface area contributed by atoms with E-state index < -0.39 is 10.8 Å². The highest BCUT2D eigenvalue weighted by molar-refractivity contribution is 5.56. The van der Waals surface area contributed by atoms with Gasteiger partial charge in [-0.05, 0) is 41.2 Å². The zero-order valence-electron chi connectivity index (χ0n) is 19.1. The molecular weight excluding hydrogens is 368 g/mol. The van der Waals surface area contributed by atoms with Crippen LogP contribution in [0.2, 0.25) is 0 Å². The Labute approximate surface area is 181 Å². The maximum atomic E-state index is 10.8. The Bertz CT molecular complexity index is 929. The highest BCUT2D eigenvalue weighted by atomic mass is 16.3. The van der Waals surface area contributed by atoms with E-state index in [-0.39, 0.29) is 11.5 Å². The van der Waals surface area contributed by atoms with Gasteiger partial charge in [0.15, 0.2) is 0 Å². The molecule has 0 amide bonds. The van der Waals surface area contributed by atoms with E-state index in [0.29, 0.717) is 0 Å². The van der Waals surface area contributed by atoms with E-state index in [9.17, 15) is 10.2 Å². The summed E-state index contributed by atoms with van der Waals surface area (Å²) in [4.78, 5) is 0. The van der Waals surface area contributed by atoms with Gasteiger partial charge in [0.05, 0.1) is 0 Å². The summed E-state index contributed by atoms with van der Waals surface area (Å²) in [6.45, 7) is 12.8. The maximum Gasteiger partial charge on any atom is 0.123 e. The lowest BCUT2D eigenvalue weighted by molar-refractivity contribution is 0.424. The zero-order valence-corrected chi connectivity index (χ0v) is 19.1. The molecule has 0 heterocycles. The zero-order chi connectivity index (χ0) is 22.1. The van der Waals surface area contributed by atoms with Crippen LogP contribution in [0.25, 0.3) is 0 Å². The van der Waals surface area contributed by atoms with Crippen molar-refractivity contribution in [2.75, 3.05) is 0 Å². The molecule has 0 radical (unpaired) electrons. The van der Waals surface area contributed by atoms with Crippen LogP contribution in [0, 0.1) is 0 Å². The summed E-state index contributed by atoms with van der Waals surface area (Å²) in [7, 11) is 0. The molecule has 158 valence electrons. The molecule has 0 saturated heterocycles. The third-order valence-corrected chi connectivity index (χ3v) is 6.63. The monoisotopic (exact) mass is 402 g/mol. The molecule has 3 aromatic carbocycles. The number of aromatic hydroxyl groups is 2. The fourth-order valence-corrected chi connectivity index (χ4v) is 4.20. The van der Waals surface area contributed by atoms with Crippen molar-refractivity contribution in [3.8, 4) is 11.5 Å². The van der Waals surface area contributed by atoms with Crippen molar-refractivity contribution in [1.29, 1.82) is 0 Å². The van der Waals surface area contributed by atoms with Crippen molar-refractivity contribution in [3.05, 3.63) is 94.0 Å². The van der Waals surface area contributed by atoms with Gasteiger partial charge in [0.2, 0.25) is 0 Å². The Morgan fingerprint density at radius 2 is 0.900 bits per heavy atom. The molecule has 0 spiro atoms. The fourth-order valence-electron chi connectivity index (χ4n) is 4.20. The number of benzene rings is 3. The smallest absolute Gasteiger partial charge is 0.123 e. The minimum Gasteiger partial charge on any atom is -0.507 e. The van der Waals surface area contributed by atoms with Crippen LogP contribution in [0.15, 0.2) is 60.7 Å². The Morgan fingerprint density at radius 3 is 1.20 bits per heavy atom. The highest BCUT2D eigenvalue weighted by Gasteiger charge is 2.32. The second-order valence-corrected chi connectivity index (χ2v) is 9.24. The van der Waals surface area contributed by atoms with E-state index in [1.54, 1.807) is 0 Å². The second-order valence-electron chi connectivity index (χ2n) is 9.24. The normalized spacial score (nSPS) is 12.2. The van der Waals surface area contributed by atoms with Crippen LogP contribution >= 0.6 is 0 Å². The molecule has 30 heavy (non-hydrogen) atoms. The summed E-state index contributed by atoms with van der Waals surface area (Å²) in [5.41, 5.74) is 5.69. The van der Waals surface area contributed by atoms with Gasteiger partial charge in [0, 0.05) is 28.0 Å². The first-order valence-corrected chi connectivity index (χ1v) is 10.9. The molecule has 2 heteroatoms. The van der Waals surface area contributed by atoms with Gasteiger partial charge in [-0.15, -0.1) is 0 Å². The largest absolute Gasteiger partial charge is 0.507 e. The van der Waals surface area contributed by atoms with Crippen molar-refractivity contribution >= 4 is 0 Å². The van der Waals surface area contributed by atoms with Gasteiger partial charge in [-0.25, -0.2) is 0 Å². The van der Waals surface area contributed by atoms with Crippen LogP contribution < -0.4 is 0 Å². The Kier molecular flexibility index (Phi) is 5.99. The minimum absolute atomic E-state index is 0.123. The van der Waals surface area contributed by atoms with E-state index in [1.165, 1.54) is 17.2 Å². The van der Waals surface area contributed by atoms with Crippen molar-refractivity contribution < 1.29 is 10.2 Å². The highest BCUT2D eigenvalue weighted by Crippen LogP contribution is 2.44. The Hall–Kier alpha value is -2.74. The van der Waals surface area contributed by atoms with Crippen LogP contribution in [0.5, 0.6) is 11.5 Å². The molecule has 0 aliphatic heterocycles. The van der Waals surface area contributed by atoms with Gasteiger partial charge in [0.25, 0.3) is 0 Å². The molecule has 0 atom stereocenters. The summed E-state index contributed by atoms with van der Waals surface area (Å²) < 4.78 is 0. The van der Waals surface area contributed by atoms with Crippen LogP contribution in [-0.4, -0.2) is 10.2 Å². The summed E-state index contributed by atoms with van der Waals surface area (Å²) in [5.74, 6) is 0.246. The quantitative estimate of drug-likeness (QED) is 0.472. The van der Waals surface area contributed by atoms with E-state index in [4.69, 9.17) is 0 Å². The molecule has 0 aliphatic carbocycles. The predicted molar refractivity (Wildman–Crippen MR) is 126 cm³/mol. The van der Waals surface area contributed by atoms with Gasteiger partial charge in [-0.3, -0.25) is 0 Å². The fraction of sp³-hybridized carbons (Fsp3) is 0.357. The van der Waals surface area contributed by atoms with Crippen LogP contribution in [0.4, 0.5) is 0 Å². The van der Waals surface area contributed by atoms with Crippen LogP contribution in [0.3, 0.4) is 0 Å². The summed E-state index contributed by atoms with van der Waals surface area (Å²) >= 11 is 0. The molecule has 2 N–H and O–H groups in total. The van der Waals surface area contributed by atoms with Gasteiger partial charge in [-0.1, -0.05) is 90.1 Å². The number of hydrogen-bond donors (Lipinski definition) is 2. The molecule has 0 saturated carbocycles. The summed E-state index contributed by atoms with van der Waals surface area (Å²) in [6.07, 6.45) is 2.00. The Morgan fingerprint density at radius 1 is 0.567 bits per heavy atom. The van der Waals surface area contributed by atoms with Crippen molar-refractivity contribution in [3.63, 3.8) is 0 Å². The lowest BCUT2D eigenvalue weighted by Crippen LogP contribution is -2.23. The molecule has 0 fully saturated rings. The third kappa shape index (κ3) is 3.96. The number of aryl methyl sites for hydroxylation is 2. The molecule has 3 rings (SSSR count). The van der Waals surface area contributed by atoms with Gasteiger partial charge in [0.1, 0.15) is 11.5 Å². The standard InChI is InChI=1S/C28H34O2/c1-7-19-9-13-21(14-10-19)27(3,4)23-17-24(26(30)18-25(23)29)28(5,6)22-15-11-20(8-2)12-16-22/h9-18,29-30H,7-8H2,1-6H3. The molecule has 2 nitrogen and oxygen atoms in total. The lowest BCUT2D eigenvalue weighted by Gasteiger charge is -2.32. The third-order valence-electron chi connectivity index (χ3n) is 6.63. The van der Waals surface area contributed by atoms with Crippen molar-refractivity contribution in [2.45, 2.75) is 65.2 Å². The predicted octanol–water partition coefficient (Wildman–Crippen LogP) is 6.87. The van der Waals surface area contributed by atoms with E-state index in [0.717, 1.165) is 35.1 Å². The van der Waals surface area contributed by atoms with Crippen molar-refractivity contribution in [1.82, 2.24) is 0 Å². The van der Waals surface area contributed by atoms with Crippen molar-refractivity contribution in [2.24, 2.45) is 0 Å². The van der Waals surface area contributed by atoms with E-state index in [2.05, 4.69) is 90.1 Å². The number of hydrogen-bond acceptors (Lipinski definition) is 2. The van der Waals surface area contributed by atoms with Crippen LogP contribution in [-0.2, 0) is 23.7 Å². The van der Waals surface area contributed by atoms with Gasteiger partial charge >= 0.3 is 0 Å². The minimum atomic E-state index is -0.402. The van der Waals surface area contributed by atoms with E-state index in [1.807, 2.05) is 6.07 Å². The first-order chi connectivity index (χ1) is 14.1. The molecule has 0 bridgehead atoms. The lowest BCUT2D eigenvalue weighted by atomic mass is 9.72. The average Bonchev–Trinajstić information content (AvgIpc) is 2.73. The summed E-state index contributed by atoms with van der Waals surface area (Å²) in [6, 6.07) is 20.6. The van der Waals surface area contributed by atoms with Crippen LogP contribution in [0.1, 0.15) is 74.9 Å². The number of phenols is 2. The van der Waals surface area contributed by atoms with Gasteiger partial charge in [-0.2, -0.15) is 0 Å². The first kappa shape index (κ1) is 22.0. The topological polar surface area (TPSA) is 40.5 Å². The first-order valence-electron chi connectivity index (χ1n) is 10.9. The summed E-state index contributed by atoms with van der Waals surface area (Å²) in [5, 5.41) is 21.5. The molecule has 0 aromatic heterocycles. The molecular formula is C28H34O2. The molecule has 0 aliphatic rings. The number of phenolic OH excluding ortho intramolecular Hbond substituents is 2. The second kappa shape index (κ2) is 8.18. The average molecular weight is 403 g/mol. The number of rotatable bonds is 6. The Balaban J connectivity index is 2.10. The van der Waals surface area contributed by atoms with E-state index >= 15 is 0 Å². The van der Waals surface area contributed by atoms with Gasteiger partial charge < -0.3 is 10.2 Å².